The highest BCUT2D eigenvalue weighted by molar-refractivity contribution is 5.93. The van der Waals surface area contributed by atoms with E-state index in [0.717, 1.165) is 22.0 Å². The lowest BCUT2D eigenvalue weighted by atomic mass is 10.0. The van der Waals surface area contributed by atoms with Gasteiger partial charge in [-0.15, -0.1) is 0 Å². The fraction of sp³-hybridized carbons (Fsp3) is 0.469. The molecule has 0 radical (unpaired) electrons. The third-order valence-electron chi connectivity index (χ3n) is 7.35. The second kappa shape index (κ2) is 14.7. The molecular formula is C32H43N5O5. The molecule has 1 aromatic heterocycles. The summed E-state index contributed by atoms with van der Waals surface area (Å²) in [5, 5.41) is 8.81. The van der Waals surface area contributed by atoms with Crippen molar-refractivity contribution < 1.29 is 23.9 Å². The van der Waals surface area contributed by atoms with Gasteiger partial charge in [0.15, 0.2) is 0 Å². The van der Waals surface area contributed by atoms with Crippen molar-refractivity contribution in [1.29, 1.82) is 0 Å². The number of carbonyl (C=O) groups excluding carboxylic acids is 4. The van der Waals surface area contributed by atoms with Crippen LogP contribution in [0.4, 0.5) is 0 Å². The minimum atomic E-state index is -0.877. The first kappa shape index (κ1) is 32.5. The van der Waals surface area contributed by atoms with Gasteiger partial charge in [0.2, 0.25) is 11.8 Å². The predicted octanol–water partition coefficient (Wildman–Crippen LogP) is 3.84. The summed E-state index contributed by atoms with van der Waals surface area (Å²) in [4.78, 5) is 56.1. The molecule has 3 rings (SSSR count). The largest absolute Gasteiger partial charge is 0.457 e. The molecule has 0 spiro atoms. The predicted molar refractivity (Wildman–Crippen MR) is 163 cm³/mol. The number of nitrogens with zero attached hydrogens (tertiary/aromatic N) is 2. The van der Waals surface area contributed by atoms with Crippen LogP contribution in [-0.4, -0.2) is 58.4 Å². The molecule has 0 aliphatic carbocycles. The zero-order valence-electron chi connectivity index (χ0n) is 25.3. The molecule has 0 bridgehead atoms. The summed E-state index contributed by atoms with van der Waals surface area (Å²) in [6.07, 6.45) is 7.58. The van der Waals surface area contributed by atoms with Gasteiger partial charge in [-0.05, 0) is 68.7 Å². The van der Waals surface area contributed by atoms with Crippen LogP contribution in [0.2, 0.25) is 0 Å². The number of esters is 1. The van der Waals surface area contributed by atoms with E-state index >= 15 is 0 Å². The van der Waals surface area contributed by atoms with Crippen molar-refractivity contribution in [3.8, 4) is 0 Å². The SMILES string of the molecule is C=Cc1cc2cc([C@@H](C)OC(=O)[C@@H]3CCCN(C(=O)C(C)NC(=O)C(NC(=O)C(C)/C=C/C)C(C)C)N3)ccc2cn1. The van der Waals surface area contributed by atoms with Gasteiger partial charge in [0.25, 0.3) is 5.91 Å². The van der Waals surface area contributed by atoms with Crippen molar-refractivity contribution in [2.45, 2.75) is 78.6 Å². The Hall–Kier alpha value is -4.05. The third-order valence-corrected chi connectivity index (χ3v) is 7.35. The summed E-state index contributed by atoms with van der Waals surface area (Å²) in [6.45, 7) is 14.8. The highest BCUT2D eigenvalue weighted by Gasteiger charge is 2.34. The lowest BCUT2D eigenvalue weighted by molar-refractivity contribution is -0.157. The van der Waals surface area contributed by atoms with Gasteiger partial charge >= 0.3 is 5.97 Å². The zero-order valence-corrected chi connectivity index (χ0v) is 25.3. The number of pyridine rings is 1. The van der Waals surface area contributed by atoms with Crippen LogP contribution in [0.3, 0.4) is 0 Å². The van der Waals surface area contributed by atoms with Gasteiger partial charge in [-0.25, -0.2) is 5.43 Å². The molecule has 42 heavy (non-hydrogen) atoms. The number of carbonyl (C=O) groups is 4. The topological polar surface area (TPSA) is 130 Å². The molecule has 1 saturated heterocycles. The van der Waals surface area contributed by atoms with E-state index in [1.54, 1.807) is 45.2 Å². The molecular weight excluding hydrogens is 534 g/mol. The first-order valence-corrected chi connectivity index (χ1v) is 14.5. The van der Waals surface area contributed by atoms with Gasteiger partial charge < -0.3 is 15.4 Å². The molecule has 10 nitrogen and oxygen atoms in total. The molecule has 10 heteroatoms. The summed E-state index contributed by atoms with van der Waals surface area (Å²) >= 11 is 0. The molecule has 1 fully saturated rings. The van der Waals surface area contributed by atoms with Crippen LogP contribution in [0, 0.1) is 11.8 Å². The lowest BCUT2D eigenvalue weighted by Crippen LogP contribution is -2.61. The minimum absolute atomic E-state index is 0.188. The fourth-order valence-corrected chi connectivity index (χ4v) is 4.77. The number of nitrogens with one attached hydrogen (secondary N) is 3. The summed E-state index contributed by atoms with van der Waals surface area (Å²) in [6, 6.07) is 5.34. The van der Waals surface area contributed by atoms with E-state index in [-0.39, 0.29) is 23.7 Å². The standard InChI is InChI=1S/C32H43N5O5/c1-8-11-20(5)29(38)35-28(19(3)4)30(39)34-21(6)31(40)37-15-10-12-27(36-37)32(41)42-22(7)23-13-14-24-18-33-26(9-2)17-25(24)16-23/h8-9,11,13-14,16-22,27-28,36H,2,10,12,15H2,1,3-7H3,(H,34,39)(H,35,38)/b11-8+/t20?,21?,22-,27+,28?/m1/s1. The number of aromatic nitrogens is 1. The number of hydrogen-bond acceptors (Lipinski definition) is 7. The van der Waals surface area contributed by atoms with Gasteiger partial charge in [0, 0.05) is 18.1 Å². The average molecular weight is 578 g/mol. The van der Waals surface area contributed by atoms with Crippen LogP contribution in [0.15, 0.2) is 49.2 Å². The van der Waals surface area contributed by atoms with Crippen LogP contribution in [-0.2, 0) is 23.9 Å². The van der Waals surface area contributed by atoms with E-state index in [4.69, 9.17) is 4.74 Å². The van der Waals surface area contributed by atoms with Gasteiger partial charge in [-0.3, -0.25) is 29.2 Å². The molecule has 3 unspecified atom stereocenters. The summed E-state index contributed by atoms with van der Waals surface area (Å²) in [5.74, 6) is -2.13. The average Bonchev–Trinajstić information content (AvgIpc) is 2.98. The third kappa shape index (κ3) is 8.25. The van der Waals surface area contributed by atoms with Gasteiger partial charge in [0.05, 0.1) is 11.6 Å². The Morgan fingerprint density at radius 1 is 1.07 bits per heavy atom. The number of rotatable bonds is 11. The van der Waals surface area contributed by atoms with Crippen LogP contribution >= 0.6 is 0 Å². The van der Waals surface area contributed by atoms with E-state index in [1.165, 1.54) is 5.01 Å². The molecule has 2 aromatic rings. The van der Waals surface area contributed by atoms with Crippen molar-refractivity contribution in [3.05, 3.63) is 60.5 Å². The number of hydrazine groups is 1. The Morgan fingerprint density at radius 3 is 2.48 bits per heavy atom. The monoisotopic (exact) mass is 577 g/mol. The van der Waals surface area contributed by atoms with Crippen molar-refractivity contribution in [2.75, 3.05) is 6.54 Å². The summed E-state index contributed by atoms with van der Waals surface area (Å²) < 4.78 is 5.78. The molecule has 226 valence electrons. The number of ether oxygens (including phenoxy) is 1. The van der Waals surface area contributed by atoms with E-state index < -0.39 is 36.1 Å². The lowest BCUT2D eigenvalue weighted by Gasteiger charge is -2.35. The highest BCUT2D eigenvalue weighted by Crippen LogP contribution is 2.24. The van der Waals surface area contributed by atoms with E-state index in [0.29, 0.717) is 19.4 Å². The van der Waals surface area contributed by atoms with Gasteiger partial charge in [0.1, 0.15) is 24.2 Å². The number of amides is 3. The molecule has 1 aliphatic rings. The number of benzene rings is 1. The second-order valence-electron chi connectivity index (χ2n) is 11.1. The molecule has 3 amide bonds. The number of fused-ring (bicyclic) bond motifs is 1. The maximum absolute atomic E-state index is 13.2. The zero-order chi connectivity index (χ0) is 31.0. The van der Waals surface area contributed by atoms with Crippen LogP contribution in [0.1, 0.15) is 71.7 Å². The van der Waals surface area contributed by atoms with Gasteiger partial charge in [-0.2, -0.15) is 0 Å². The van der Waals surface area contributed by atoms with Gasteiger partial charge in [-0.1, -0.05) is 51.6 Å². The summed E-state index contributed by atoms with van der Waals surface area (Å²) in [5.41, 5.74) is 4.58. The molecule has 5 atom stereocenters. The van der Waals surface area contributed by atoms with Crippen molar-refractivity contribution in [1.82, 2.24) is 26.1 Å². The summed E-state index contributed by atoms with van der Waals surface area (Å²) in [7, 11) is 0. The number of hydrogen-bond donors (Lipinski definition) is 3. The normalized spacial score (nSPS) is 18.3. The fourth-order valence-electron chi connectivity index (χ4n) is 4.77. The second-order valence-corrected chi connectivity index (χ2v) is 11.1. The minimum Gasteiger partial charge on any atom is -0.457 e. The highest BCUT2D eigenvalue weighted by atomic mass is 16.5. The van der Waals surface area contributed by atoms with Crippen molar-refractivity contribution in [3.63, 3.8) is 0 Å². The van der Waals surface area contributed by atoms with E-state index in [1.807, 2.05) is 45.0 Å². The van der Waals surface area contributed by atoms with Crippen LogP contribution < -0.4 is 16.1 Å². The Morgan fingerprint density at radius 2 is 1.81 bits per heavy atom. The Balaban J connectivity index is 1.59. The first-order chi connectivity index (χ1) is 19.9. The maximum atomic E-state index is 13.2. The molecule has 2 heterocycles. The molecule has 3 N–H and O–H groups in total. The maximum Gasteiger partial charge on any atom is 0.325 e. The first-order valence-electron chi connectivity index (χ1n) is 14.5. The molecule has 0 saturated carbocycles. The van der Waals surface area contributed by atoms with Crippen molar-refractivity contribution >= 4 is 40.5 Å². The Bertz CT molecular complexity index is 1340. The van der Waals surface area contributed by atoms with Crippen LogP contribution in [0.25, 0.3) is 16.8 Å². The Kier molecular flexibility index (Phi) is 11.4. The number of allylic oxidation sites excluding steroid dienone is 1. The van der Waals surface area contributed by atoms with Crippen molar-refractivity contribution in [2.24, 2.45) is 11.8 Å². The molecule has 1 aromatic carbocycles. The van der Waals surface area contributed by atoms with Crippen LogP contribution in [0.5, 0.6) is 0 Å². The Labute approximate surface area is 247 Å². The van der Waals surface area contributed by atoms with E-state index in [9.17, 15) is 19.2 Å². The van der Waals surface area contributed by atoms with E-state index in [2.05, 4.69) is 27.6 Å². The quantitative estimate of drug-likeness (QED) is 0.273. The smallest absolute Gasteiger partial charge is 0.325 e. The molecule has 1 aliphatic heterocycles.